The van der Waals surface area contributed by atoms with Gasteiger partial charge in [0.25, 0.3) is 0 Å². The molecule has 2 rings (SSSR count). The van der Waals surface area contributed by atoms with Crippen LogP contribution in [0.25, 0.3) is 0 Å². The summed E-state index contributed by atoms with van der Waals surface area (Å²) in [5.74, 6) is 0.845. The maximum absolute atomic E-state index is 5.95. The third-order valence-corrected chi connectivity index (χ3v) is 2.77. The summed E-state index contributed by atoms with van der Waals surface area (Å²) in [5.41, 5.74) is -0.0648. The van der Waals surface area contributed by atoms with Gasteiger partial charge in [0.1, 0.15) is 5.82 Å². The molecule has 0 aromatic carbocycles. The Balaban J connectivity index is 2.43. The summed E-state index contributed by atoms with van der Waals surface area (Å²) in [6.45, 7) is 5.49. The first kappa shape index (κ1) is 8.97. The Hall–Kier alpha value is -0.610. The van der Waals surface area contributed by atoms with Crippen LogP contribution in [0.5, 0.6) is 0 Å². The lowest BCUT2D eigenvalue weighted by atomic mass is 10.0. The van der Waals surface area contributed by atoms with Crippen molar-refractivity contribution < 1.29 is 4.74 Å². The summed E-state index contributed by atoms with van der Waals surface area (Å²) in [5, 5.41) is 8.21. The van der Waals surface area contributed by atoms with Crippen LogP contribution < -0.4 is 0 Å². The first-order chi connectivity index (χ1) is 6.13. The summed E-state index contributed by atoms with van der Waals surface area (Å²) in [6.07, 6.45) is 0.964. The molecular weight excluding hydrogens is 190 g/mol. The predicted molar refractivity (Wildman–Crippen MR) is 48.9 cm³/mol. The van der Waals surface area contributed by atoms with Gasteiger partial charge in [0.05, 0.1) is 12.1 Å². The lowest BCUT2D eigenvalue weighted by molar-refractivity contribution is 0.160. The molecule has 1 aliphatic heterocycles. The molecule has 1 saturated heterocycles. The van der Waals surface area contributed by atoms with E-state index >= 15 is 0 Å². The van der Waals surface area contributed by atoms with Crippen molar-refractivity contribution in [3.63, 3.8) is 0 Å². The second-order valence-corrected chi connectivity index (χ2v) is 3.99. The minimum Gasteiger partial charge on any atom is -0.379 e. The average Bonchev–Trinajstić information content (AvgIpc) is 2.60. The molecule has 1 aliphatic rings. The molecule has 1 aromatic rings. The van der Waals surface area contributed by atoms with Gasteiger partial charge in [-0.05, 0) is 31.9 Å². The molecule has 1 unspecified atom stereocenters. The van der Waals surface area contributed by atoms with E-state index in [-0.39, 0.29) is 5.54 Å². The monoisotopic (exact) mass is 201 g/mol. The number of aryl methyl sites for hydroxylation is 1. The summed E-state index contributed by atoms with van der Waals surface area (Å²) in [4.78, 5) is 0. The van der Waals surface area contributed by atoms with Gasteiger partial charge in [-0.15, -0.1) is 10.2 Å². The van der Waals surface area contributed by atoms with Crippen molar-refractivity contribution in [3.05, 3.63) is 11.1 Å². The van der Waals surface area contributed by atoms with E-state index in [1.807, 2.05) is 11.5 Å². The summed E-state index contributed by atoms with van der Waals surface area (Å²) in [6, 6.07) is 0. The maximum atomic E-state index is 5.95. The van der Waals surface area contributed by atoms with Crippen molar-refractivity contribution in [1.29, 1.82) is 0 Å². The van der Waals surface area contributed by atoms with Gasteiger partial charge < -0.3 is 4.74 Å². The van der Waals surface area contributed by atoms with Gasteiger partial charge >= 0.3 is 0 Å². The van der Waals surface area contributed by atoms with Crippen LogP contribution in [0.1, 0.15) is 19.2 Å². The molecule has 72 valence electrons. The Labute approximate surface area is 81.9 Å². The van der Waals surface area contributed by atoms with Gasteiger partial charge in [0.2, 0.25) is 5.28 Å². The van der Waals surface area contributed by atoms with E-state index < -0.39 is 0 Å². The highest BCUT2D eigenvalue weighted by Crippen LogP contribution is 2.30. The molecule has 0 radical (unpaired) electrons. The van der Waals surface area contributed by atoms with E-state index in [9.17, 15) is 0 Å². The number of nitrogens with zero attached hydrogens (tertiary/aromatic N) is 3. The largest absolute Gasteiger partial charge is 0.379 e. The molecule has 0 N–H and O–H groups in total. The summed E-state index contributed by atoms with van der Waals surface area (Å²) in [7, 11) is 0. The van der Waals surface area contributed by atoms with E-state index in [1.165, 1.54) is 0 Å². The molecule has 13 heavy (non-hydrogen) atoms. The summed E-state index contributed by atoms with van der Waals surface area (Å²) >= 11 is 5.95. The fraction of sp³-hybridized carbons (Fsp3) is 0.750. The normalized spacial score (nSPS) is 28.2. The van der Waals surface area contributed by atoms with Crippen LogP contribution in [-0.2, 0) is 10.3 Å². The third kappa shape index (κ3) is 1.34. The van der Waals surface area contributed by atoms with Crippen LogP contribution in [-0.4, -0.2) is 28.0 Å². The second kappa shape index (κ2) is 2.96. The quantitative estimate of drug-likeness (QED) is 0.689. The minimum absolute atomic E-state index is 0.0648. The molecule has 0 aliphatic carbocycles. The van der Waals surface area contributed by atoms with E-state index in [2.05, 4.69) is 17.1 Å². The Kier molecular flexibility index (Phi) is 2.04. The molecule has 0 amide bonds. The van der Waals surface area contributed by atoms with Crippen LogP contribution in [0.4, 0.5) is 0 Å². The van der Waals surface area contributed by atoms with Crippen molar-refractivity contribution in [1.82, 2.24) is 14.8 Å². The molecule has 0 saturated carbocycles. The fourth-order valence-corrected chi connectivity index (χ4v) is 2.15. The van der Waals surface area contributed by atoms with E-state index in [1.54, 1.807) is 0 Å². The summed E-state index contributed by atoms with van der Waals surface area (Å²) < 4.78 is 7.30. The highest BCUT2D eigenvalue weighted by molar-refractivity contribution is 6.28. The lowest BCUT2D eigenvalue weighted by Crippen LogP contribution is -2.31. The Morgan fingerprint density at radius 2 is 2.31 bits per heavy atom. The third-order valence-electron chi connectivity index (χ3n) is 2.52. The molecule has 5 heteroatoms. The van der Waals surface area contributed by atoms with E-state index in [0.717, 1.165) is 18.9 Å². The van der Waals surface area contributed by atoms with Gasteiger partial charge in [-0.3, -0.25) is 4.57 Å². The first-order valence-electron chi connectivity index (χ1n) is 4.29. The molecular formula is C8H12ClN3O. The predicted octanol–water partition coefficient (Wildman–Crippen LogP) is 1.38. The van der Waals surface area contributed by atoms with Gasteiger partial charge in [0, 0.05) is 6.61 Å². The van der Waals surface area contributed by atoms with Crippen LogP contribution in [0.2, 0.25) is 5.28 Å². The lowest BCUT2D eigenvalue weighted by Gasteiger charge is -2.25. The molecule has 2 heterocycles. The zero-order chi connectivity index (χ0) is 9.47. The number of halogens is 1. The van der Waals surface area contributed by atoms with Crippen molar-refractivity contribution in [2.24, 2.45) is 0 Å². The van der Waals surface area contributed by atoms with E-state index in [4.69, 9.17) is 16.3 Å². The number of hydrogen-bond acceptors (Lipinski definition) is 3. The van der Waals surface area contributed by atoms with Gasteiger partial charge in [-0.1, -0.05) is 0 Å². The molecule has 1 atom stereocenters. The number of ether oxygens (including phenoxy) is 1. The molecule has 1 aromatic heterocycles. The highest BCUT2D eigenvalue weighted by Gasteiger charge is 2.34. The number of aromatic nitrogens is 3. The van der Waals surface area contributed by atoms with Crippen molar-refractivity contribution in [2.45, 2.75) is 25.8 Å². The van der Waals surface area contributed by atoms with Crippen LogP contribution in [0.3, 0.4) is 0 Å². The smallest absolute Gasteiger partial charge is 0.225 e. The standard InChI is InChI=1S/C8H12ClN3O/c1-6-10-11-7(9)12(6)8(2)3-4-13-5-8/h3-5H2,1-2H3. The van der Waals surface area contributed by atoms with Crippen molar-refractivity contribution >= 4 is 11.6 Å². The molecule has 1 fully saturated rings. The minimum atomic E-state index is -0.0648. The average molecular weight is 202 g/mol. The zero-order valence-electron chi connectivity index (χ0n) is 7.75. The topological polar surface area (TPSA) is 39.9 Å². The molecule has 4 nitrogen and oxygen atoms in total. The second-order valence-electron chi connectivity index (χ2n) is 3.65. The highest BCUT2D eigenvalue weighted by atomic mass is 35.5. The first-order valence-corrected chi connectivity index (χ1v) is 4.67. The number of rotatable bonds is 1. The van der Waals surface area contributed by atoms with Crippen LogP contribution in [0, 0.1) is 6.92 Å². The van der Waals surface area contributed by atoms with Gasteiger partial charge in [0.15, 0.2) is 0 Å². The Morgan fingerprint density at radius 1 is 1.54 bits per heavy atom. The Morgan fingerprint density at radius 3 is 2.77 bits per heavy atom. The van der Waals surface area contributed by atoms with Gasteiger partial charge in [-0.25, -0.2) is 0 Å². The maximum Gasteiger partial charge on any atom is 0.225 e. The van der Waals surface area contributed by atoms with Crippen molar-refractivity contribution in [3.8, 4) is 0 Å². The molecule has 0 spiro atoms. The van der Waals surface area contributed by atoms with E-state index in [0.29, 0.717) is 11.9 Å². The number of hydrogen-bond donors (Lipinski definition) is 0. The molecule has 0 bridgehead atoms. The van der Waals surface area contributed by atoms with Crippen LogP contribution in [0.15, 0.2) is 0 Å². The van der Waals surface area contributed by atoms with Crippen molar-refractivity contribution in [2.75, 3.05) is 13.2 Å². The fourth-order valence-electron chi connectivity index (χ4n) is 1.78. The Bertz CT molecular complexity index is 298. The SMILES string of the molecule is Cc1nnc(Cl)n1C1(C)CCOC1. The van der Waals surface area contributed by atoms with Gasteiger partial charge in [-0.2, -0.15) is 0 Å². The zero-order valence-corrected chi connectivity index (χ0v) is 8.51. The van der Waals surface area contributed by atoms with Crippen LogP contribution >= 0.6 is 11.6 Å².